The molecule has 1 aromatic heterocycles. The number of carbonyl (C=O) groups excluding carboxylic acids is 2. The Hall–Kier alpha value is -2.14. The summed E-state index contributed by atoms with van der Waals surface area (Å²) in [5.41, 5.74) is 3.35. The number of fused-ring (bicyclic) bond motifs is 2. The number of carbonyl (C=O) groups is 2. The molecule has 4 nitrogen and oxygen atoms in total. The van der Waals surface area contributed by atoms with Crippen molar-refractivity contribution in [2.75, 3.05) is 4.90 Å². The topological polar surface area (TPSA) is 46.6 Å². The smallest absolute Gasteiger partial charge is 0.349 e. The highest BCUT2D eigenvalue weighted by Gasteiger charge is 2.34. The van der Waals surface area contributed by atoms with Gasteiger partial charge in [0.2, 0.25) is 0 Å². The Balaban J connectivity index is 1.48. The number of hydrogen-bond donors (Lipinski definition) is 0. The predicted octanol–water partition coefficient (Wildman–Crippen LogP) is 3.76. The number of rotatable bonds is 3. The summed E-state index contributed by atoms with van der Waals surface area (Å²) in [6.07, 6.45) is 3.29. The van der Waals surface area contributed by atoms with Gasteiger partial charge in [0.15, 0.2) is 6.10 Å². The van der Waals surface area contributed by atoms with Crippen LogP contribution in [0.1, 0.15) is 45.9 Å². The first-order valence-corrected chi connectivity index (χ1v) is 9.60. The first-order valence-electron chi connectivity index (χ1n) is 8.78. The number of hydrogen-bond acceptors (Lipinski definition) is 4. The molecule has 0 bridgehead atoms. The number of aryl methyl sites for hydroxylation is 2. The third kappa shape index (κ3) is 2.86. The quantitative estimate of drug-likeness (QED) is 0.788. The normalized spacial score (nSPS) is 19.4. The molecule has 2 heterocycles. The molecule has 0 N–H and O–H groups in total. The van der Waals surface area contributed by atoms with E-state index in [1.54, 1.807) is 11.8 Å². The number of amides is 1. The van der Waals surface area contributed by atoms with Crippen LogP contribution in [0.4, 0.5) is 5.69 Å². The van der Waals surface area contributed by atoms with Crippen molar-refractivity contribution in [3.05, 3.63) is 51.2 Å². The first-order chi connectivity index (χ1) is 12.0. The Bertz CT molecular complexity index is 820. The van der Waals surface area contributed by atoms with Crippen molar-refractivity contribution in [1.29, 1.82) is 0 Å². The van der Waals surface area contributed by atoms with Crippen LogP contribution in [0.5, 0.6) is 0 Å². The summed E-state index contributed by atoms with van der Waals surface area (Å²) in [4.78, 5) is 29.0. The van der Waals surface area contributed by atoms with Crippen molar-refractivity contribution >= 4 is 28.9 Å². The molecule has 1 aliphatic heterocycles. The van der Waals surface area contributed by atoms with Crippen LogP contribution in [-0.4, -0.2) is 24.0 Å². The number of nitrogens with zero attached hydrogens (tertiary/aromatic N) is 1. The maximum absolute atomic E-state index is 12.9. The molecule has 4 rings (SSSR count). The highest BCUT2D eigenvalue weighted by molar-refractivity contribution is 7.14. The highest BCUT2D eigenvalue weighted by atomic mass is 32.1. The van der Waals surface area contributed by atoms with E-state index in [2.05, 4.69) is 0 Å². The third-order valence-corrected chi connectivity index (χ3v) is 6.24. The van der Waals surface area contributed by atoms with Crippen LogP contribution in [0.2, 0.25) is 0 Å². The van der Waals surface area contributed by atoms with E-state index in [1.165, 1.54) is 21.8 Å². The number of thiophene rings is 1. The van der Waals surface area contributed by atoms with Crippen molar-refractivity contribution in [2.24, 2.45) is 0 Å². The standard InChI is InChI=1S/C20H21NO3S/c1-12-10-14-6-3-4-8-16(14)21(12)19(22)13(2)24-20(23)18-11-15-7-5-9-17(15)25-18/h3-4,6,8,11-13H,5,7,9-10H2,1-2H3/t12-,13+/m1/s1. The fourth-order valence-corrected chi connectivity index (χ4v) is 4.93. The molecule has 2 aromatic rings. The maximum atomic E-state index is 12.9. The number of esters is 1. The van der Waals surface area contributed by atoms with Gasteiger partial charge in [-0.2, -0.15) is 0 Å². The van der Waals surface area contributed by atoms with Crippen molar-refractivity contribution in [3.63, 3.8) is 0 Å². The Morgan fingerprint density at radius 2 is 2.04 bits per heavy atom. The molecule has 2 aliphatic rings. The summed E-state index contributed by atoms with van der Waals surface area (Å²) >= 11 is 1.51. The largest absolute Gasteiger partial charge is 0.448 e. The van der Waals surface area contributed by atoms with E-state index in [0.29, 0.717) is 4.88 Å². The second-order valence-electron chi connectivity index (χ2n) is 6.85. The molecule has 25 heavy (non-hydrogen) atoms. The number of para-hydroxylation sites is 1. The van der Waals surface area contributed by atoms with Gasteiger partial charge >= 0.3 is 5.97 Å². The average Bonchev–Trinajstić information content (AvgIpc) is 3.25. The summed E-state index contributed by atoms with van der Waals surface area (Å²) in [5, 5.41) is 0. The van der Waals surface area contributed by atoms with Gasteiger partial charge in [-0.25, -0.2) is 4.79 Å². The van der Waals surface area contributed by atoms with Gasteiger partial charge in [-0.3, -0.25) is 4.79 Å². The summed E-state index contributed by atoms with van der Waals surface area (Å²) in [7, 11) is 0. The van der Waals surface area contributed by atoms with Crippen molar-refractivity contribution in [1.82, 2.24) is 0 Å². The summed E-state index contributed by atoms with van der Waals surface area (Å²) in [6.45, 7) is 3.69. The van der Waals surface area contributed by atoms with Gasteiger partial charge < -0.3 is 9.64 Å². The van der Waals surface area contributed by atoms with Gasteiger partial charge in [-0.1, -0.05) is 18.2 Å². The molecule has 0 saturated carbocycles. The Morgan fingerprint density at radius 1 is 1.24 bits per heavy atom. The third-order valence-electron chi connectivity index (χ3n) is 5.02. The minimum atomic E-state index is -0.793. The number of benzene rings is 1. The second kappa shape index (κ2) is 6.30. The lowest BCUT2D eigenvalue weighted by Crippen LogP contribution is -2.43. The lowest BCUT2D eigenvalue weighted by atomic mass is 10.1. The lowest BCUT2D eigenvalue weighted by Gasteiger charge is -2.25. The fraction of sp³-hybridized carbons (Fsp3) is 0.400. The molecule has 1 amide bonds. The lowest BCUT2D eigenvalue weighted by molar-refractivity contribution is -0.126. The van der Waals surface area contributed by atoms with Gasteiger partial charge in [0.25, 0.3) is 5.91 Å². The Kier molecular flexibility index (Phi) is 4.12. The first kappa shape index (κ1) is 16.3. The number of ether oxygens (including phenoxy) is 1. The molecule has 0 unspecified atom stereocenters. The molecular weight excluding hydrogens is 334 g/mol. The zero-order chi connectivity index (χ0) is 17.6. The second-order valence-corrected chi connectivity index (χ2v) is 7.99. The maximum Gasteiger partial charge on any atom is 0.349 e. The zero-order valence-electron chi connectivity index (χ0n) is 14.5. The van der Waals surface area contributed by atoms with Crippen LogP contribution in [0.25, 0.3) is 0 Å². The van der Waals surface area contributed by atoms with Gasteiger partial charge in [-0.15, -0.1) is 11.3 Å². The molecule has 0 spiro atoms. The van der Waals surface area contributed by atoms with Crippen molar-refractivity contribution in [2.45, 2.75) is 51.7 Å². The van der Waals surface area contributed by atoms with E-state index >= 15 is 0 Å². The van der Waals surface area contributed by atoms with E-state index in [0.717, 1.165) is 36.9 Å². The van der Waals surface area contributed by atoms with Crippen LogP contribution in [-0.2, 0) is 28.8 Å². The molecule has 0 fully saturated rings. The van der Waals surface area contributed by atoms with Gasteiger partial charge in [0, 0.05) is 16.6 Å². The SMILES string of the molecule is C[C@H](OC(=O)c1cc2c(s1)CCC2)C(=O)N1c2ccccc2C[C@H]1C. The molecule has 0 saturated heterocycles. The van der Waals surface area contributed by atoms with Gasteiger partial charge in [0.1, 0.15) is 4.88 Å². The predicted molar refractivity (Wildman–Crippen MR) is 98.3 cm³/mol. The average molecular weight is 355 g/mol. The van der Waals surface area contributed by atoms with Crippen molar-refractivity contribution < 1.29 is 14.3 Å². The van der Waals surface area contributed by atoms with Crippen LogP contribution in [0, 0.1) is 0 Å². The van der Waals surface area contributed by atoms with Crippen LogP contribution in [0.3, 0.4) is 0 Å². The highest BCUT2D eigenvalue weighted by Crippen LogP contribution is 2.33. The van der Waals surface area contributed by atoms with Crippen molar-refractivity contribution in [3.8, 4) is 0 Å². The Labute approximate surface area is 151 Å². The van der Waals surface area contributed by atoms with E-state index in [-0.39, 0.29) is 17.9 Å². The summed E-state index contributed by atoms with van der Waals surface area (Å²) < 4.78 is 5.49. The molecule has 5 heteroatoms. The fourth-order valence-electron chi connectivity index (χ4n) is 3.80. The van der Waals surface area contributed by atoms with Gasteiger partial charge in [-0.05, 0) is 62.8 Å². The molecule has 130 valence electrons. The molecule has 0 radical (unpaired) electrons. The monoisotopic (exact) mass is 355 g/mol. The van der Waals surface area contributed by atoms with Crippen LogP contribution >= 0.6 is 11.3 Å². The van der Waals surface area contributed by atoms with E-state index < -0.39 is 6.10 Å². The summed E-state index contributed by atoms with van der Waals surface area (Å²) in [6, 6.07) is 9.93. The molecule has 2 atom stereocenters. The Morgan fingerprint density at radius 3 is 2.84 bits per heavy atom. The molecule has 1 aromatic carbocycles. The van der Waals surface area contributed by atoms with Gasteiger partial charge in [0.05, 0.1) is 0 Å². The number of anilines is 1. The van der Waals surface area contributed by atoms with E-state index in [9.17, 15) is 9.59 Å². The van der Waals surface area contributed by atoms with E-state index in [4.69, 9.17) is 4.74 Å². The minimum Gasteiger partial charge on any atom is -0.448 e. The van der Waals surface area contributed by atoms with Crippen LogP contribution in [0.15, 0.2) is 30.3 Å². The summed E-state index contributed by atoms with van der Waals surface area (Å²) in [5.74, 6) is -0.546. The molecular formula is C20H21NO3S. The minimum absolute atomic E-state index is 0.0802. The molecule has 1 aliphatic carbocycles. The van der Waals surface area contributed by atoms with E-state index in [1.807, 2.05) is 37.3 Å². The van der Waals surface area contributed by atoms with Crippen LogP contribution < -0.4 is 4.90 Å². The zero-order valence-corrected chi connectivity index (χ0v) is 15.3.